The maximum atomic E-state index is 5.79. The number of hydrogen-bond acceptors (Lipinski definition) is 2. The maximum absolute atomic E-state index is 5.79. The van der Waals surface area contributed by atoms with Crippen molar-refractivity contribution < 1.29 is 0 Å². The Kier molecular flexibility index (Phi) is 7.20. The first kappa shape index (κ1) is 13.9. The molecule has 0 rings (SSSR count). The third kappa shape index (κ3) is 4.97. The molecule has 0 aliphatic rings. The van der Waals surface area contributed by atoms with Crippen molar-refractivity contribution in [2.45, 2.75) is 59.0 Å². The number of hydrogen-bond donors (Lipinski definition) is 1. The van der Waals surface area contributed by atoms with Crippen molar-refractivity contribution >= 4 is 0 Å². The third-order valence-electron chi connectivity index (χ3n) is 2.98. The number of nitrogens with two attached hydrogens (primary N) is 1. The predicted octanol–water partition coefficient (Wildman–Crippen LogP) is 2.48. The van der Waals surface area contributed by atoms with Gasteiger partial charge in [-0.2, -0.15) is 0 Å². The molecular formula is C12H28N2. The van der Waals surface area contributed by atoms with Gasteiger partial charge in [0.15, 0.2) is 0 Å². The van der Waals surface area contributed by atoms with E-state index in [0.29, 0.717) is 12.1 Å². The molecule has 14 heavy (non-hydrogen) atoms. The van der Waals surface area contributed by atoms with Crippen LogP contribution in [-0.2, 0) is 0 Å². The molecule has 2 atom stereocenters. The quantitative estimate of drug-likeness (QED) is 0.684. The molecule has 0 saturated carbocycles. The summed E-state index contributed by atoms with van der Waals surface area (Å²) in [5, 5.41) is 0. The zero-order chi connectivity index (χ0) is 11.1. The Morgan fingerprint density at radius 2 is 1.79 bits per heavy atom. The highest BCUT2D eigenvalue weighted by atomic mass is 15.2. The van der Waals surface area contributed by atoms with E-state index < -0.39 is 0 Å². The van der Waals surface area contributed by atoms with Crippen LogP contribution in [0.25, 0.3) is 0 Å². The van der Waals surface area contributed by atoms with Gasteiger partial charge in [0.25, 0.3) is 0 Å². The Morgan fingerprint density at radius 1 is 1.21 bits per heavy atom. The molecule has 0 bridgehead atoms. The molecule has 0 aliphatic carbocycles. The lowest BCUT2D eigenvalue weighted by molar-refractivity contribution is 0.160. The molecule has 0 heterocycles. The minimum absolute atomic E-state index is 0.564. The van der Waals surface area contributed by atoms with Gasteiger partial charge in [-0.15, -0.1) is 0 Å². The van der Waals surface area contributed by atoms with Gasteiger partial charge in [0.2, 0.25) is 0 Å². The molecule has 0 aliphatic heterocycles. The molecule has 2 heteroatoms. The summed E-state index contributed by atoms with van der Waals surface area (Å²) in [6, 6.07) is 1.21. The first-order valence-electron chi connectivity index (χ1n) is 5.94. The minimum atomic E-state index is 0.564. The summed E-state index contributed by atoms with van der Waals surface area (Å²) < 4.78 is 0. The number of rotatable bonds is 7. The van der Waals surface area contributed by atoms with E-state index in [2.05, 4.69) is 39.6 Å². The average molecular weight is 200 g/mol. The fraction of sp³-hybridized carbons (Fsp3) is 1.00. The molecule has 0 aromatic rings. The summed E-state index contributed by atoms with van der Waals surface area (Å²) in [6.45, 7) is 9.87. The molecule has 0 amide bonds. The Morgan fingerprint density at radius 3 is 2.14 bits per heavy atom. The van der Waals surface area contributed by atoms with Gasteiger partial charge in [0.1, 0.15) is 0 Å². The van der Waals surface area contributed by atoms with Crippen LogP contribution < -0.4 is 5.73 Å². The zero-order valence-corrected chi connectivity index (χ0v) is 10.6. The van der Waals surface area contributed by atoms with E-state index in [1.807, 2.05) is 0 Å². The molecule has 0 saturated heterocycles. The minimum Gasteiger partial charge on any atom is -0.329 e. The highest BCUT2D eigenvalue weighted by Crippen LogP contribution is 2.14. The average Bonchev–Trinajstić information content (AvgIpc) is 2.12. The second-order valence-corrected chi connectivity index (χ2v) is 4.82. The summed E-state index contributed by atoms with van der Waals surface area (Å²) >= 11 is 0. The molecule has 0 aromatic heterocycles. The molecule has 0 radical (unpaired) electrons. The fourth-order valence-corrected chi connectivity index (χ4v) is 2.03. The zero-order valence-electron chi connectivity index (χ0n) is 10.6. The second kappa shape index (κ2) is 7.24. The van der Waals surface area contributed by atoms with E-state index in [0.717, 1.165) is 12.5 Å². The monoisotopic (exact) mass is 200 g/mol. The largest absolute Gasteiger partial charge is 0.329 e. The van der Waals surface area contributed by atoms with E-state index in [1.54, 1.807) is 0 Å². The van der Waals surface area contributed by atoms with Gasteiger partial charge >= 0.3 is 0 Å². The van der Waals surface area contributed by atoms with Crippen LogP contribution in [0.2, 0.25) is 0 Å². The van der Waals surface area contributed by atoms with E-state index >= 15 is 0 Å². The maximum Gasteiger partial charge on any atom is 0.0218 e. The summed E-state index contributed by atoms with van der Waals surface area (Å²) in [6.07, 6.45) is 3.70. The van der Waals surface area contributed by atoms with E-state index in [1.165, 1.54) is 19.3 Å². The SMILES string of the molecule is CCCC(CN)N(C)C(C)CC(C)C. The lowest BCUT2D eigenvalue weighted by atomic mass is 10.0. The van der Waals surface area contributed by atoms with Crippen LogP contribution in [0.15, 0.2) is 0 Å². The van der Waals surface area contributed by atoms with Gasteiger partial charge in [-0.1, -0.05) is 27.2 Å². The summed E-state index contributed by atoms with van der Waals surface area (Å²) in [5.74, 6) is 0.771. The lowest BCUT2D eigenvalue weighted by Crippen LogP contribution is -2.43. The van der Waals surface area contributed by atoms with Crippen LogP contribution in [0.3, 0.4) is 0 Å². The van der Waals surface area contributed by atoms with Crippen LogP contribution in [0.5, 0.6) is 0 Å². The molecule has 0 spiro atoms. The van der Waals surface area contributed by atoms with Crippen LogP contribution in [0, 0.1) is 5.92 Å². The highest BCUT2D eigenvalue weighted by Gasteiger charge is 2.18. The van der Waals surface area contributed by atoms with Gasteiger partial charge in [-0.25, -0.2) is 0 Å². The molecule has 86 valence electrons. The second-order valence-electron chi connectivity index (χ2n) is 4.82. The van der Waals surface area contributed by atoms with Crippen LogP contribution >= 0.6 is 0 Å². The highest BCUT2D eigenvalue weighted by molar-refractivity contribution is 4.75. The van der Waals surface area contributed by atoms with E-state index in [4.69, 9.17) is 5.73 Å². The smallest absolute Gasteiger partial charge is 0.0218 e. The molecule has 0 fully saturated rings. The summed E-state index contributed by atoms with van der Waals surface area (Å²) in [7, 11) is 2.21. The standard InChI is InChI=1S/C12H28N2/c1-6-7-12(9-13)14(5)11(4)8-10(2)3/h10-12H,6-9,13H2,1-5H3. The van der Waals surface area contributed by atoms with Crippen LogP contribution in [0.4, 0.5) is 0 Å². The first-order valence-corrected chi connectivity index (χ1v) is 5.94. The van der Waals surface area contributed by atoms with E-state index in [9.17, 15) is 0 Å². The third-order valence-corrected chi connectivity index (χ3v) is 2.98. The Hall–Kier alpha value is -0.0800. The van der Waals surface area contributed by atoms with Gasteiger partial charge in [0, 0.05) is 18.6 Å². The van der Waals surface area contributed by atoms with Crippen molar-refractivity contribution in [3.05, 3.63) is 0 Å². The van der Waals surface area contributed by atoms with Gasteiger partial charge in [0.05, 0.1) is 0 Å². The number of nitrogens with zero attached hydrogens (tertiary/aromatic N) is 1. The Labute approximate surface area is 89.9 Å². The summed E-state index contributed by atoms with van der Waals surface area (Å²) in [4.78, 5) is 2.45. The van der Waals surface area contributed by atoms with Crippen molar-refractivity contribution in [3.8, 4) is 0 Å². The molecule has 2 N–H and O–H groups in total. The summed E-state index contributed by atoms with van der Waals surface area (Å²) in [5.41, 5.74) is 5.79. The molecular weight excluding hydrogens is 172 g/mol. The van der Waals surface area contributed by atoms with Crippen molar-refractivity contribution in [2.75, 3.05) is 13.6 Å². The van der Waals surface area contributed by atoms with Crippen molar-refractivity contribution in [1.82, 2.24) is 4.90 Å². The van der Waals surface area contributed by atoms with Crippen LogP contribution in [0.1, 0.15) is 47.0 Å². The molecule has 2 unspecified atom stereocenters. The molecule has 2 nitrogen and oxygen atoms in total. The number of likely N-dealkylation sites (N-methyl/N-ethyl adjacent to an activating group) is 1. The van der Waals surface area contributed by atoms with Gasteiger partial charge < -0.3 is 5.73 Å². The van der Waals surface area contributed by atoms with Gasteiger partial charge in [-0.3, -0.25) is 4.90 Å². The Balaban J connectivity index is 4.04. The fourth-order valence-electron chi connectivity index (χ4n) is 2.03. The predicted molar refractivity (Wildman–Crippen MR) is 64.4 cm³/mol. The van der Waals surface area contributed by atoms with Crippen LogP contribution in [-0.4, -0.2) is 30.6 Å². The van der Waals surface area contributed by atoms with Crippen molar-refractivity contribution in [3.63, 3.8) is 0 Å². The lowest BCUT2D eigenvalue weighted by Gasteiger charge is -2.33. The van der Waals surface area contributed by atoms with Crippen molar-refractivity contribution in [1.29, 1.82) is 0 Å². The topological polar surface area (TPSA) is 29.3 Å². The van der Waals surface area contributed by atoms with Gasteiger partial charge in [-0.05, 0) is 32.7 Å². The van der Waals surface area contributed by atoms with Crippen molar-refractivity contribution in [2.24, 2.45) is 11.7 Å². The molecule has 0 aromatic carbocycles. The first-order chi connectivity index (χ1) is 6.52. The Bertz CT molecular complexity index is 134. The van der Waals surface area contributed by atoms with E-state index in [-0.39, 0.29) is 0 Å². The normalized spacial score (nSPS) is 16.3.